The Morgan fingerprint density at radius 1 is 1.52 bits per heavy atom. The van der Waals surface area contributed by atoms with Crippen LogP contribution in [0.5, 0.6) is 0 Å². The minimum atomic E-state index is -0.863. The SMILES string of the molecule is COCCNC(=O)C(C)OC(=O)c1cc(N)cn1C1CC1. The van der Waals surface area contributed by atoms with Crippen molar-refractivity contribution in [3.8, 4) is 0 Å². The van der Waals surface area contributed by atoms with Crippen LogP contribution in [0.1, 0.15) is 36.3 Å². The fourth-order valence-electron chi connectivity index (χ4n) is 2.01. The van der Waals surface area contributed by atoms with E-state index in [0.29, 0.717) is 30.6 Å². The van der Waals surface area contributed by atoms with Crippen LogP contribution in [0.2, 0.25) is 0 Å². The lowest BCUT2D eigenvalue weighted by Crippen LogP contribution is -2.37. The predicted molar refractivity (Wildman–Crippen MR) is 76.9 cm³/mol. The average molecular weight is 295 g/mol. The number of rotatable bonds is 7. The maximum atomic E-state index is 12.2. The zero-order valence-corrected chi connectivity index (χ0v) is 12.3. The lowest BCUT2D eigenvalue weighted by atomic mass is 10.3. The van der Waals surface area contributed by atoms with Crippen molar-refractivity contribution in [1.29, 1.82) is 0 Å². The van der Waals surface area contributed by atoms with Gasteiger partial charge in [0.05, 0.1) is 12.3 Å². The molecule has 1 aliphatic rings. The van der Waals surface area contributed by atoms with E-state index >= 15 is 0 Å². The number of amides is 1. The molecule has 0 bridgehead atoms. The van der Waals surface area contributed by atoms with Crippen LogP contribution in [0.4, 0.5) is 5.69 Å². The fourth-order valence-corrected chi connectivity index (χ4v) is 2.01. The van der Waals surface area contributed by atoms with Gasteiger partial charge >= 0.3 is 5.97 Å². The number of ether oxygens (including phenoxy) is 2. The summed E-state index contributed by atoms with van der Waals surface area (Å²) in [6, 6.07) is 1.90. The van der Waals surface area contributed by atoms with E-state index in [-0.39, 0.29) is 5.91 Å². The Kier molecular flexibility index (Phi) is 4.85. The second-order valence-electron chi connectivity index (χ2n) is 5.13. The Balaban J connectivity index is 1.93. The molecule has 1 unspecified atom stereocenters. The molecule has 1 amide bonds. The molecule has 1 aromatic heterocycles. The summed E-state index contributed by atoms with van der Waals surface area (Å²) in [6.07, 6.45) is 2.93. The zero-order chi connectivity index (χ0) is 15.4. The van der Waals surface area contributed by atoms with E-state index in [0.717, 1.165) is 12.8 Å². The van der Waals surface area contributed by atoms with Gasteiger partial charge in [-0.2, -0.15) is 0 Å². The highest BCUT2D eigenvalue weighted by Gasteiger charge is 2.29. The third kappa shape index (κ3) is 3.98. The molecular formula is C14H21N3O4. The topological polar surface area (TPSA) is 95.6 Å². The Bertz CT molecular complexity index is 522. The number of carbonyl (C=O) groups is 2. The molecule has 21 heavy (non-hydrogen) atoms. The summed E-state index contributed by atoms with van der Waals surface area (Å²) >= 11 is 0. The van der Waals surface area contributed by atoms with E-state index in [1.54, 1.807) is 19.4 Å². The number of aromatic nitrogens is 1. The standard InChI is InChI=1S/C14H21N3O4/c1-9(13(18)16-5-6-20-2)21-14(19)12-7-10(15)8-17(12)11-3-4-11/h7-9,11H,3-6,15H2,1-2H3,(H,16,18). The average Bonchev–Trinajstić information content (AvgIpc) is 3.21. The molecule has 116 valence electrons. The largest absolute Gasteiger partial charge is 0.448 e. The van der Waals surface area contributed by atoms with Crippen molar-refractivity contribution < 1.29 is 19.1 Å². The first-order chi connectivity index (χ1) is 10.0. The van der Waals surface area contributed by atoms with Gasteiger partial charge in [0, 0.05) is 25.9 Å². The molecule has 0 saturated heterocycles. The number of nitrogens with two attached hydrogens (primary N) is 1. The van der Waals surface area contributed by atoms with Gasteiger partial charge in [-0.1, -0.05) is 0 Å². The second-order valence-corrected chi connectivity index (χ2v) is 5.13. The fraction of sp³-hybridized carbons (Fsp3) is 0.571. The van der Waals surface area contributed by atoms with Gasteiger partial charge in [-0.15, -0.1) is 0 Å². The van der Waals surface area contributed by atoms with Gasteiger partial charge in [-0.25, -0.2) is 4.79 Å². The minimum absolute atomic E-state index is 0.315. The van der Waals surface area contributed by atoms with Crippen molar-refractivity contribution in [2.24, 2.45) is 0 Å². The van der Waals surface area contributed by atoms with Crippen molar-refractivity contribution in [2.75, 3.05) is 26.0 Å². The third-order valence-electron chi connectivity index (χ3n) is 3.28. The normalized spacial score (nSPS) is 15.5. The first kappa shape index (κ1) is 15.4. The van der Waals surface area contributed by atoms with E-state index in [9.17, 15) is 9.59 Å². The first-order valence-corrected chi connectivity index (χ1v) is 6.98. The molecule has 7 nitrogen and oxygen atoms in total. The molecule has 2 rings (SSSR count). The molecule has 1 fully saturated rings. The maximum Gasteiger partial charge on any atom is 0.355 e. The summed E-state index contributed by atoms with van der Waals surface area (Å²) in [5.41, 5.74) is 6.65. The number of hydrogen-bond acceptors (Lipinski definition) is 5. The zero-order valence-electron chi connectivity index (χ0n) is 12.3. The summed E-state index contributed by atoms with van der Waals surface area (Å²) in [5.74, 6) is -0.883. The van der Waals surface area contributed by atoms with Gasteiger partial charge in [0.15, 0.2) is 6.10 Å². The van der Waals surface area contributed by atoms with Crippen LogP contribution in [0.25, 0.3) is 0 Å². The molecule has 1 atom stereocenters. The number of nitrogens with one attached hydrogen (secondary N) is 1. The molecule has 0 aliphatic heterocycles. The summed E-state index contributed by atoms with van der Waals surface area (Å²) in [7, 11) is 1.55. The number of nitrogen functional groups attached to an aromatic ring is 1. The number of carbonyl (C=O) groups excluding carboxylic acids is 2. The van der Waals surface area contributed by atoms with Crippen LogP contribution >= 0.6 is 0 Å². The smallest absolute Gasteiger partial charge is 0.355 e. The summed E-state index contributed by atoms with van der Waals surface area (Å²) in [4.78, 5) is 23.9. The van der Waals surface area contributed by atoms with E-state index < -0.39 is 12.1 Å². The van der Waals surface area contributed by atoms with Crippen LogP contribution < -0.4 is 11.1 Å². The van der Waals surface area contributed by atoms with E-state index in [4.69, 9.17) is 15.2 Å². The molecule has 1 aromatic rings. The Labute approximate surface area is 123 Å². The monoisotopic (exact) mass is 295 g/mol. The molecule has 0 aromatic carbocycles. The highest BCUT2D eigenvalue weighted by molar-refractivity contribution is 5.92. The lowest BCUT2D eigenvalue weighted by molar-refractivity contribution is -0.129. The van der Waals surface area contributed by atoms with Crippen LogP contribution in [0.3, 0.4) is 0 Å². The number of methoxy groups -OCH3 is 1. The molecule has 0 spiro atoms. The minimum Gasteiger partial charge on any atom is -0.448 e. The molecule has 1 aliphatic carbocycles. The Hall–Kier alpha value is -2.02. The van der Waals surface area contributed by atoms with Crippen molar-refractivity contribution in [1.82, 2.24) is 9.88 Å². The summed E-state index contributed by atoms with van der Waals surface area (Å²) in [6.45, 7) is 2.32. The molecular weight excluding hydrogens is 274 g/mol. The van der Waals surface area contributed by atoms with Crippen molar-refractivity contribution >= 4 is 17.6 Å². The Morgan fingerprint density at radius 2 is 2.24 bits per heavy atom. The first-order valence-electron chi connectivity index (χ1n) is 6.98. The van der Waals surface area contributed by atoms with Crippen LogP contribution in [-0.2, 0) is 14.3 Å². The van der Waals surface area contributed by atoms with Gasteiger partial charge in [0.25, 0.3) is 5.91 Å². The summed E-state index contributed by atoms with van der Waals surface area (Å²) in [5, 5.41) is 2.62. The van der Waals surface area contributed by atoms with Gasteiger partial charge in [0.1, 0.15) is 5.69 Å². The van der Waals surface area contributed by atoms with Crippen LogP contribution in [0, 0.1) is 0 Å². The highest BCUT2D eigenvalue weighted by Crippen LogP contribution is 2.37. The van der Waals surface area contributed by atoms with Gasteiger partial charge < -0.3 is 25.1 Å². The number of hydrogen-bond donors (Lipinski definition) is 2. The van der Waals surface area contributed by atoms with Crippen LogP contribution in [-0.4, -0.2) is 42.8 Å². The van der Waals surface area contributed by atoms with Crippen molar-refractivity contribution in [3.05, 3.63) is 18.0 Å². The lowest BCUT2D eigenvalue weighted by Gasteiger charge is -2.14. The number of esters is 1. The van der Waals surface area contributed by atoms with Gasteiger partial charge in [-0.3, -0.25) is 4.79 Å². The predicted octanol–water partition coefficient (Wildman–Crippen LogP) is 0.713. The van der Waals surface area contributed by atoms with E-state index in [2.05, 4.69) is 5.32 Å². The molecule has 1 saturated carbocycles. The Morgan fingerprint density at radius 3 is 2.86 bits per heavy atom. The summed E-state index contributed by atoms with van der Waals surface area (Å²) < 4.78 is 11.9. The quantitative estimate of drug-likeness (QED) is 0.570. The highest BCUT2D eigenvalue weighted by atomic mass is 16.5. The van der Waals surface area contributed by atoms with E-state index in [1.807, 2.05) is 4.57 Å². The molecule has 3 N–H and O–H groups in total. The second kappa shape index (κ2) is 6.62. The van der Waals surface area contributed by atoms with Crippen molar-refractivity contribution in [3.63, 3.8) is 0 Å². The maximum absolute atomic E-state index is 12.2. The number of anilines is 1. The van der Waals surface area contributed by atoms with E-state index in [1.165, 1.54) is 6.92 Å². The molecule has 7 heteroatoms. The van der Waals surface area contributed by atoms with Crippen molar-refractivity contribution in [2.45, 2.75) is 31.9 Å². The molecule has 1 heterocycles. The van der Waals surface area contributed by atoms with Crippen LogP contribution in [0.15, 0.2) is 12.3 Å². The molecule has 0 radical (unpaired) electrons. The number of nitrogens with zero attached hydrogens (tertiary/aromatic N) is 1. The van der Waals surface area contributed by atoms with Gasteiger partial charge in [0.2, 0.25) is 0 Å². The third-order valence-corrected chi connectivity index (χ3v) is 3.28. The van der Waals surface area contributed by atoms with Gasteiger partial charge in [-0.05, 0) is 25.8 Å².